The number of nitrogens with zero attached hydrogens (tertiary/aromatic N) is 3. The van der Waals surface area contributed by atoms with Gasteiger partial charge >= 0.3 is 6.18 Å². The Labute approximate surface area is 160 Å². The van der Waals surface area contributed by atoms with Gasteiger partial charge in [-0.1, -0.05) is 0 Å². The highest BCUT2D eigenvalue weighted by molar-refractivity contribution is 5.58. The fourth-order valence-corrected chi connectivity index (χ4v) is 3.48. The van der Waals surface area contributed by atoms with Gasteiger partial charge in [0.2, 0.25) is 5.95 Å². The van der Waals surface area contributed by atoms with Gasteiger partial charge in [0, 0.05) is 43.4 Å². The molecule has 1 aromatic carbocycles. The maximum Gasteiger partial charge on any atom is 0.416 e. The molecule has 2 fully saturated rings. The summed E-state index contributed by atoms with van der Waals surface area (Å²) in [7, 11) is 0. The van der Waals surface area contributed by atoms with E-state index in [9.17, 15) is 13.2 Å². The number of benzene rings is 1. The van der Waals surface area contributed by atoms with E-state index in [1.165, 1.54) is 12.1 Å². The third-order valence-electron chi connectivity index (χ3n) is 4.95. The molecule has 2 aliphatic rings. The van der Waals surface area contributed by atoms with Crippen LogP contribution >= 0.6 is 0 Å². The molecular weight excluding hydrogens is 373 g/mol. The number of alkyl halides is 3. The van der Waals surface area contributed by atoms with Crippen LogP contribution < -0.4 is 10.2 Å². The lowest BCUT2D eigenvalue weighted by Crippen LogP contribution is -2.45. The summed E-state index contributed by atoms with van der Waals surface area (Å²) in [6.07, 6.45) is -2.87. The Balaban J connectivity index is 1.47. The Hall–Kier alpha value is -2.39. The number of hydrogen-bond acceptors (Lipinski definition) is 6. The van der Waals surface area contributed by atoms with Gasteiger partial charge in [-0.2, -0.15) is 18.2 Å². The summed E-state index contributed by atoms with van der Waals surface area (Å²) in [6.45, 7) is 4.54. The number of ether oxygens (including phenoxy) is 2. The summed E-state index contributed by atoms with van der Waals surface area (Å²) >= 11 is 0. The first kappa shape index (κ1) is 18.9. The minimum Gasteiger partial charge on any atom is -0.347 e. The Bertz CT molecular complexity index is 826. The van der Waals surface area contributed by atoms with Crippen molar-refractivity contribution >= 4 is 17.5 Å². The zero-order chi connectivity index (χ0) is 19.8. The van der Waals surface area contributed by atoms with Gasteiger partial charge < -0.3 is 19.7 Å². The SMILES string of the molecule is Cc1cc(Nc2ccc(C(F)(F)F)cc2)nc(N2CCC3(CC2)OCCO3)n1. The number of nitrogens with one attached hydrogen (secondary N) is 1. The maximum absolute atomic E-state index is 12.7. The maximum atomic E-state index is 12.7. The van der Waals surface area contributed by atoms with Crippen molar-refractivity contribution in [3.05, 3.63) is 41.6 Å². The molecule has 0 aliphatic carbocycles. The third kappa shape index (κ3) is 4.05. The number of anilines is 3. The Morgan fingerprint density at radius 2 is 1.68 bits per heavy atom. The lowest BCUT2D eigenvalue weighted by Gasteiger charge is -2.37. The van der Waals surface area contributed by atoms with Crippen LogP contribution in [0.3, 0.4) is 0 Å². The molecule has 1 aromatic heterocycles. The van der Waals surface area contributed by atoms with Gasteiger partial charge in [-0.3, -0.25) is 0 Å². The predicted molar refractivity (Wildman–Crippen MR) is 97.6 cm³/mol. The zero-order valence-corrected chi connectivity index (χ0v) is 15.4. The summed E-state index contributed by atoms with van der Waals surface area (Å²) in [5.74, 6) is 0.653. The first-order valence-electron chi connectivity index (χ1n) is 9.16. The van der Waals surface area contributed by atoms with Crippen molar-refractivity contribution < 1.29 is 22.6 Å². The van der Waals surface area contributed by atoms with E-state index in [1.54, 1.807) is 6.07 Å². The molecule has 9 heteroatoms. The molecule has 2 aliphatic heterocycles. The van der Waals surface area contributed by atoms with E-state index in [2.05, 4.69) is 20.2 Å². The van der Waals surface area contributed by atoms with E-state index in [-0.39, 0.29) is 0 Å². The second kappa shape index (κ2) is 7.21. The molecule has 0 atom stereocenters. The molecule has 28 heavy (non-hydrogen) atoms. The second-order valence-electron chi connectivity index (χ2n) is 6.99. The lowest BCUT2D eigenvalue weighted by atomic mass is 10.0. The molecule has 150 valence electrons. The summed E-state index contributed by atoms with van der Waals surface area (Å²) in [6, 6.07) is 6.63. The second-order valence-corrected chi connectivity index (χ2v) is 6.99. The van der Waals surface area contributed by atoms with Crippen LogP contribution in [0.4, 0.5) is 30.6 Å². The molecule has 2 saturated heterocycles. The van der Waals surface area contributed by atoms with Crippen LogP contribution in [0.15, 0.2) is 30.3 Å². The van der Waals surface area contributed by atoms with Crippen LogP contribution in [0.25, 0.3) is 0 Å². The minimum absolute atomic E-state index is 0.471. The van der Waals surface area contributed by atoms with Crippen molar-refractivity contribution in [2.24, 2.45) is 0 Å². The van der Waals surface area contributed by atoms with Crippen molar-refractivity contribution in [2.45, 2.75) is 31.7 Å². The van der Waals surface area contributed by atoms with Gasteiger partial charge in [0.05, 0.1) is 18.8 Å². The molecule has 0 unspecified atom stereocenters. The van der Waals surface area contributed by atoms with Crippen LogP contribution in [0.5, 0.6) is 0 Å². The zero-order valence-electron chi connectivity index (χ0n) is 15.4. The van der Waals surface area contributed by atoms with Gasteiger partial charge in [-0.25, -0.2) is 4.98 Å². The number of piperidine rings is 1. The minimum atomic E-state index is -4.35. The number of hydrogen-bond donors (Lipinski definition) is 1. The monoisotopic (exact) mass is 394 g/mol. The summed E-state index contributed by atoms with van der Waals surface area (Å²) in [5, 5.41) is 3.06. The Kier molecular flexibility index (Phi) is 4.88. The molecule has 3 heterocycles. The molecule has 0 radical (unpaired) electrons. The first-order valence-corrected chi connectivity index (χ1v) is 9.16. The molecule has 2 aromatic rings. The molecule has 0 amide bonds. The van der Waals surface area contributed by atoms with Crippen LogP contribution in [0.1, 0.15) is 24.1 Å². The van der Waals surface area contributed by atoms with Gasteiger partial charge in [-0.05, 0) is 31.2 Å². The van der Waals surface area contributed by atoms with Gasteiger partial charge in [-0.15, -0.1) is 0 Å². The first-order chi connectivity index (χ1) is 13.3. The number of halogens is 3. The van der Waals surface area contributed by atoms with Crippen molar-refractivity contribution in [3.8, 4) is 0 Å². The van der Waals surface area contributed by atoms with Crippen molar-refractivity contribution in [1.82, 2.24) is 9.97 Å². The van der Waals surface area contributed by atoms with Crippen molar-refractivity contribution in [1.29, 1.82) is 0 Å². The molecule has 1 N–H and O–H groups in total. The Morgan fingerprint density at radius 1 is 1.04 bits per heavy atom. The van der Waals surface area contributed by atoms with Gasteiger partial charge in [0.1, 0.15) is 5.82 Å². The van der Waals surface area contributed by atoms with Crippen LogP contribution in [-0.4, -0.2) is 42.1 Å². The predicted octanol–water partition coefficient (Wildman–Crippen LogP) is 3.89. The largest absolute Gasteiger partial charge is 0.416 e. The van der Waals surface area contributed by atoms with Gasteiger partial charge in [0.15, 0.2) is 5.79 Å². The number of aromatic nitrogens is 2. The van der Waals surface area contributed by atoms with Crippen LogP contribution in [0, 0.1) is 6.92 Å². The summed E-state index contributed by atoms with van der Waals surface area (Å²) in [5.41, 5.74) is 0.617. The highest BCUT2D eigenvalue weighted by Gasteiger charge is 2.40. The van der Waals surface area contributed by atoms with E-state index >= 15 is 0 Å². The highest BCUT2D eigenvalue weighted by Crippen LogP contribution is 2.33. The van der Waals surface area contributed by atoms with E-state index < -0.39 is 17.5 Å². The van der Waals surface area contributed by atoms with Crippen molar-refractivity contribution in [2.75, 3.05) is 36.5 Å². The van der Waals surface area contributed by atoms with Crippen molar-refractivity contribution in [3.63, 3.8) is 0 Å². The van der Waals surface area contributed by atoms with E-state index in [0.717, 1.165) is 30.7 Å². The molecule has 6 nitrogen and oxygen atoms in total. The number of rotatable bonds is 3. The summed E-state index contributed by atoms with van der Waals surface area (Å²) < 4.78 is 49.6. The van der Waals surface area contributed by atoms with Gasteiger partial charge in [0.25, 0.3) is 0 Å². The topological polar surface area (TPSA) is 59.5 Å². The molecule has 0 bridgehead atoms. The molecule has 4 rings (SSSR count). The summed E-state index contributed by atoms with van der Waals surface area (Å²) in [4.78, 5) is 11.1. The van der Waals surface area contributed by atoms with E-state index in [0.29, 0.717) is 43.8 Å². The fourth-order valence-electron chi connectivity index (χ4n) is 3.48. The quantitative estimate of drug-likeness (QED) is 0.852. The standard InChI is InChI=1S/C19H21F3N4O2/c1-13-12-16(24-15-4-2-14(3-5-15)19(20,21)22)25-17(23-13)26-8-6-18(7-9-26)27-10-11-28-18/h2-5,12H,6-11H2,1H3,(H,23,24,25). The number of aryl methyl sites for hydroxylation is 1. The third-order valence-corrected chi connectivity index (χ3v) is 4.95. The smallest absolute Gasteiger partial charge is 0.347 e. The molecule has 0 saturated carbocycles. The molecule has 1 spiro atoms. The van der Waals surface area contributed by atoms with E-state index in [4.69, 9.17) is 9.47 Å². The fraction of sp³-hybridized carbons (Fsp3) is 0.474. The average molecular weight is 394 g/mol. The highest BCUT2D eigenvalue weighted by atomic mass is 19.4. The van der Waals surface area contributed by atoms with Crippen LogP contribution in [0.2, 0.25) is 0 Å². The average Bonchev–Trinajstić information content (AvgIpc) is 3.09. The Morgan fingerprint density at radius 3 is 2.29 bits per heavy atom. The van der Waals surface area contributed by atoms with Crippen LogP contribution in [-0.2, 0) is 15.7 Å². The lowest BCUT2D eigenvalue weighted by molar-refractivity contribution is -0.169. The normalized spacial score (nSPS) is 19.2. The molecular formula is C19H21F3N4O2. The van der Waals surface area contributed by atoms with E-state index in [1.807, 2.05) is 6.92 Å².